The molecule has 1 N–H and O–H groups in total. The van der Waals surface area contributed by atoms with E-state index in [1.807, 2.05) is 48.5 Å². The average Bonchev–Trinajstić information content (AvgIpc) is 2.54. The van der Waals surface area contributed by atoms with E-state index in [2.05, 4.69) is 11.1 Å². The third kappa shape index (κ3) is 2.73. The Morgan fingerprint density at radius 3 is 2.52 bits per heavy atom. The van der Waals surface area contributed by atoms with Gasteiger partial charge >= 0.3 is 0 Å². The summed E-state index contributed by atoms with van der Waals surface area (Å²) in [5, 5.41) is 10.1. The number of methoxy groups -OCH3 is 1. The van der Waals surface area contributed by atoms with Crippen molar-refractivity contribution in [1.29, 1.82) is 0 Å². The summed E-state index contributed by atoms with van der Waals surface area (Å²) in [4.78, 5) is 4.57. The van der Waals surface area contributed by atoms with Crippen LogP contribution < -0.4 is 4.74 Å². The quantitative estimate of drug-likeness (QED) is 0.795. The summed E-state index contributed by atoms with van der Waals surface area (Å²) in [6.45, 7) is 0.167. The van der Waals surface area contributed by atoms with Crippen molar-refractivity contribution in [3.8, 4) is 17.0 Å². The van der Waals surface area contributed by atoms with Gasteiger partial charge in [0.2, 0.25) is 5.88 Å². The fourth-order valence-corrected chi connectivity index (χ4v) is 2.44. The van der Waals surface area contributed by atoms with Crippen LogP contribution in [0.25, 0.3) is 22.0 Å². The lowest BCUT2D eigenvalue weighted by Gasteiger charge is -2.10. The summed E-state index contributed by atoms with van der Waals surface area (Å²) in [6, 6.07) is 18.2. The molecule has 3 nitrogen and oxygen atoms in total. The van der Waals surface area contributed by atoms with Crippen LogP contribution in [0.5, 0.6) is 5.88 Å². The maximum absolute atomic E-state index is 8.98. The number of fused-ring (bicyclic) bond motifs is 1. The van der Waals surface area contributed by atoms with Crippen molar-refractivity contribution < 1.29 is 9.84 Å². The number of aliphatic hydroxyl groups is 1. The molecule has 0 aliphatic carbocycles. The molecule has 3 heteroatoms. The molecule has 0 saturated heterocycles. The molecule has 21 heavy (non-hydrogen) atoms. The fourth-order valence-electron chi connectivity index (χ4n) is 2.44. The number of hydrogen-bond donors (Lipinski definition) is 1. The molecule has 0 atom stereocenters. The van der Waals surface area contributed by atoms with E-state index in [-0.39, 0.29) is 6.61 Å². The largest absolute Gasteiger partial charge is 0.481 e. The molecule has 1 heterocycles. The van der Waals surface area contributed by atoms with Gasteiger partial charge in [-0.1, -0.05) is 42.5 Å². The Labute approximate surface area is 123 Å². The van der Waals surface area contributed by atoms with E-state index in [0.29, 0.717) is 12.3 Å². The van der Waals surface area contributed by atoms with Crippen molar-refractivity contribution in [2.45, 2.75) is 6.42 Å². The van der Waals surface area contributed by atoms with Crippen molar-refractivity contribution in [3.05, 3.63) is 60.2 Å². The molecule has 0 bridgehead atoms. The Morgan fingerprint density at radius 2 is 1.81 bits per heavy atom. The lowest BCUT2D eigenvalue weighted by Crippen LogP contribution is -1.94. The smallest absolute Gasteiger partial charge is 0.221 e. The van der Waals surface area contributed by atoms with E-state index >= 15 is 0 Å². The Kier molecular flexibility index (Phi) is 3.84. The maximum atomic E-state index is 8.98. The SMILES string of the molecule is COc1nc2ccccc2cc1-c1ccc(CCO)cc1. The lowest BCUT2D eigenvalue weighted by molar-refractivity contribution is 0.299. The highest BCUT2D eigenvalue weighted by Crippen LogP contribution is 2.31. The zero-order valence-electron chi connectivity index (χ0n) is 11.9. The van der Waals surface area contributed by atoms with Crippen molar-refractivity contribution in [2.75, 3.05) is 13.7 Å². The molecule has 3 rings (SSSR count). The van der Waals surface area contributed by atoms with Gasteiger partial charge in [0, 0.05) is 17.6 Å². The minimum absolute atomic E-state index is 0.167. The molecule has 3 aromatic rings. The molecular formula is C18H17NO2. The zero-order chi connectivity index (χ0) is 14.7. The monoisotopic (exact) mass is 279 g/mol. The Hall–Kier alpha value is -2.39. The highest BCUT2D eigenvalue weighted by Gasteiger charge is 2.09. The molecule has 0 saturated carbocycles. The molecule has 0 fully saturated rings. The molecule has 0 spiro atoms. The predicted molar refractivity (Wildman–Crippen MR) is 84.5 cm³/mol. The van der Waals surface area contributed by atoms with Gasteiger partial charge in [0.15, 0.2) is 0 Å². The molecule has 0 aliphatic rings. The van der Waals surface area contributed by atoms with Crippen LogP contribution in [0.4, 0.5) is 0 Å². The Bertz CT molecular complexity index is 751. The Morgan fingerprint density at radius 1 is 1.05 bits per heavy atom. The van der Waals surface area contributed by atoms with Crippen LogP contribution in [0.2, 0.25) is 0 Å². The van der Waals surface area contributed by atoms with Crippen molar-refractivity contribution >= 4 is 10.9 Å². The normalized spacial score (nSPS) is 10.8. The topological polar surface area (TPSA) is 42.4 Å². The predicted octanol–water partition coefficient (Wildman–Crippen LogP) is 3.45. The molecular weight excluding hydrogens is 262 g/mol. The summed E-state index contributed by atoms with van der Waals surface area (Å²) in [5.74, 6) is 0.628. The van der Waals surface area contributed by atoms with E-state index < -0.39 is 0 Å². The summed E-state index contributed by atoms with van der Waals surface area (Å²) >= 11 is 0. The number of hydrogen-bond acceptors (Lipinski definition) is 3. The second kappa shape index (κ2) is 5.94. The summed E-state index contributed by atoms with van der Waals surface area (Å²) in [6.07, 6.45) is 0.674. The molecule has 106 valence electrons. The molecule has 0 amide bonds. The number of ether oxygens (including phenoxy) is 1. The first-order valence-corrected chi connectivity index (χ1v) is 6.96. The van der Waals surface area contributed by atoms with Gasteiger partial charge in [0.05, 0.1) is 12.6 Å². The van der Waals surface area contributed by atoms with Gasteiger partial charge in [0.1, 0.15) is 0 Å². The number of nitrogens with zero attached hydrogens (tertiary/aromatic N) is 1. The molecule has 2 aromatic carbocycles. The van der Waals surface area contributed by atoms with Gasteiger partial charge in [-0.05, 0) is 29.7 Å². The van der Waals surface area contributed by atoms with Crippen LogP contribution >= 0.6 is 0 Å². The molecule has 0 aliphatic heterocycles. The zero-order valence-corrected chi connectivity index (χ0v) is 11.9. The van der Waals surface area contributed by atoms with Crippen LogP contribution in [0.3, 0.4) is 0 Å². The number of aliphatic hydroxyl groups excluding tert-OH is 1. The van der Waals surface area contributed by atoms with Crippen molar-refractivity contribution in [2.24, 2.45) is 0 Å². The standard InChI is InChI=1S/C18H17NO2/c1-21-18-16(12-15-4-2-3-5-17(15)19-18)14-8-6-13(7-9-14)10-11-20/h2-9,12,20H,10-11H2,1H3. The number of para-hydroxylation sites is 1. The second-order valence-corrected chi connectivity index (χ2v) is 4.91. The first-order chi connectivity index (χ1) is 10.3. The molecule has 0 radical (unpaired) electrons. The third-order valence-electron chi connectivity index (χ3n) is 3.55. The van der Waals surface area contributed by atoms with Crippen molar-refractivity contribution in [3.63, 3.8) is 0 Å². The van der Waals surface area contributed by atoms with Crippen LogP contribution in [0, 0.1) is 0 Å². The van der Waals surface area contributed by atoms with Crippen molar-refractivity contribution in [1.82, 2.24) is 4.98 Å². The molecule has 0 unspecified atom stereocenters. The maximum Gasteiger partial charge on any atom is 0.221 e. The van der Waals surface area contributed by atoms with Crippen LogP contribution in [-0.2, 0) is 6.42 Å². The summed E-state index contributed by atoms with van der Waals surface area (Å²) < 4.78 is 5.43. The number of pyridine rings is 1. The summed E-state index contributed by atoms with van der Waals surface area (Å²) in [7, 11) is 1.64. The average molecular weight is 279 g/mol. The van der Waals surface area contributed by atoms with E-state index in [1.165, 1.54) is 0 Å². The first kappa shape index (κ1) is 13.6. The van der Waals surface area contributed by atoms with Gasteiger partial charge in [-0.25, -0.2) is 4.98 Å². The highest BCUT2D eigenvalue weighted by atomic mass is 16.5. The number of rotatable bonds is 4. The van der Waals surface area contributed by atoms with E-state index in [1.54, 1.807) is 7.11 Å². The van der Waals surface area contributed by atoms with Crippen LogP contribution in [0.1, 0.15) is 5.56 Å². The summed E-state index contributed by atoms with van der Waals surface area (Å²) in [5.41, 5.74) is 4.09. The van der Waals surface area contributed by atoms with Gasteiger partial charge in [0.25, 0.3) is 0 Å². The molecule has 1 aromatic heterocycles. The van der Waals surface area contributed by atoms with Gasteiger partial charge in [-0.2, -0.15) is 0 Å². The lowest BCUT2D eigenvalue weighted by atomic mass is 10.0. The first-order valence-electron chi connectivity index (χ1n) is 6.96. The van der Waals surface area contributed by atoms with Crippen LogP contribution in [-0.4, -0.2) is 23.8 Å². The third-order valence-corrected chi connectivity index (χ3v) is 3.55. The highest BCUT2D eigenvalue weighted by molar-refractivity contribution is 5.86. The second-order valence-electron chi connectivity index (χ2n) is 4.91. The number of aromatic nitrogens is 1. The minimum atomic E-state index is 0.167. The Balaban J connectivity index is 2.09. The van der Waals surface area contributed by atoms with E-state index in [4.69, 9.17) is 9.84 Å². The van der Waals surface area contributed by atoms with Crippen LogP contribution in [0.15, 0.2) is 54.6 Å². The van der Waals surface area contributed by atoms with Gasteiger partial charge in [-0.15, -0.1) is 0 Å². The van der Waals surface area contributed by atoms with Gasteiger partial charge in [-0.3, -0.25) is 0 Å². The minimum Gasteiger partial charge on any atom is -0.481 e. The fraction of sp³-hybridized carbons (Fsp3) is 0.167. The van der Waals surface area contributed by atoms with E-state index in [0.717, 1.165) is 27.6 Å². The van der Waals surface area contributed by atoms with E-state index in [9.17, 15) is 0 Å². The number of benzene rings is 2. The van der Waals surface area contributed by atoms with Gasteiger partial charge < -0.3 is 9.84 Å².